The summed E-state index contributed by atoms with van der Waals surface area (Å²) in [7, 11) is 0. The quantitative estimate of drug-likeness (QED) is 0.444. The van der Waals surface area contributed by atoms with Gasteiger partial charge < -0.3 is 0 Å². The van der Waals surface area contributed by atoms with E-state index in [2.05, 4.69) is 0 Å². The van der Waals surface area contributed by atoms with Crippen LogP contribution in [0.15, 0.2) is 0 Å². The molecular weight excluding hydrogens is 226 g/mol. The first-order chi connectivity index (χ1) is 0. The van der Waals surface area contributed by atoms with Crippen LogP contribution in [0.3, 0.4) is 0 Å². The zero-order valence-electron chi connectivity index (χ0n) is 2.18. The van der Waals surface area contributed by atoms with E-state index in [4.69, 9.17) is 0 Å². The summed E-state index contributed by atoms with van der Waals surface area (Å²) in [6.45, 7) is 0. The molecule has 0 aliphatic carbocycles. The third kappa shape index (κ3) is 9.00. The molecule has 0 aromatic heterocycles. The van der Waals surface area contributed by atoms with Gasteiger partial charge in [-0.3, -0.25) is 0 Å². The molecule has 0 fully saturated rings. The van der Waals surface area contributed by atoms with Gasteiger partial charge in [0.15, 0.2) is 0 Å². The van der Waals surface area contributed by atoms with Gasteiger partial charge in [0.25, 0.3) is 0 Å². The zero-order valence-corrected chi connectivity index (χ0v) is 9.05. The zero-order chi connectivity index (χ0) is 0. The van der Waals surface area contributed by atoms with Crippen LogP contribution in [-0.4, -0.2) is 63.0 Å². The Hall–Kier alpha value is 2.00. The van der Waals surface area contributed by atoms with Gasteiger partial charge in [0.05, 0.1) is 0 Å². The molecular formula is AlGaInN. The minimum Gasteiger partial charge on any atom is 0 e. The first-order valence-corrected chi connectivity index (χ1v) is 0. The second-order valence-electron chi connectivity index (χ2n) is 0. The number of nitrogens with zero attached hydrogens (tertiary/aromatic N) is 1. The molecule has 0 aromatic carbocycles. The molecule has 0 saturated heterocycles. The van der Waals surface area contributed by atoms with E-state index in [1.807, 2.05) is 0 Å². The van der Waals surface area contributed by atoms with Crippen LogP contribution in [0, 0.1) is 0 Å². The molecule has 1 nitrogen and oxygen atoms in total. The molecule has 4 heteroatoms. The van der Waals surface area contributed by atoms with Crippen LogP contribution in [0.1, 0.15) is 0 Å². The molecule has 0 bridgehead atoms. The molecule has 0 unspecified atom stereocenters. The molecule has 0 aliphatic rings. The normalized spacial score (nSPS) is 0. The van der Waals surface area contributed by atoms with Crippen molar-refractivity contribution in [3.63, 3.8) is 0 Å². The van der Waals surface area contributed by atoms with Crippen LogP contribution in [0.25, 0.3) is 0 Å². The van der Waals surface area contributed by atoms with Crippen LogP contribution in [-0.2, 0) is 0 Å². The fraction of sp³-hybridized carbons (Fsp3) is 0. The fourth-order valence-corrected chi connectivity index (χ4v) is 0. The second kappa shape index (κ2) is 20.0. The minimum atomic E-state index is 0. The Balaban J connectivity index is 0. The van der Waals surface area contributed by atoms with E-state index in [1.54, 1.807) is 0 Å². The summed E-state index contributed by atoms with van der Waals surface area (Å²) in [6.07, 6.45) is 0. The van der Waals surface area contributed by atoms with Crippen molar-refractivity contribution in [2.24, 2.45) is 0 Å². The molecule has 0 aromatic rings. The van der Waals surface area contributed by atoms with E-state index >= 15 is 0 Å². The van der Waals surface area contributed by atoms with Crippen molar-refractivity contribution in [3.8, 4) is 0 Å². The smallest absolute Gasteiger partial charge is 0 e. The molecule has 0 saturated carbocycles. The summed E-state index contributed by atoms with van der Waals surface area (Å²) in [4.78, 5) is 0. The average molecular weight is 226 g/mol. The fourth-order valence-electron chi connectivity index (χ4n) is 0. The van der Waals surface area contributed by atoms with Gasteiger partial charge in [0.2, 0.25) is 0 Å². The monoisotopic (exact) mass is 225 g/mol. The summed E-state index contributed by atoms with van der Waals surface area (Å²) in [5.74, 6) is 0. The van der Waals surface area contributed by atoms with Crippen molar-refractivity contribution in [1.29, 1.82) is 0 Å². The van der Waals surface area contributed by atoms with Gasteiger partial charge in [-0.15, -0.1) is 0 Å². The van der Waals surface area contributed by atoms with Crippen molar-refractivity contribution >= 4 is 63.0 Å². The Morgan fingerprint density at radius 2 is 1.00 bits per heavy atom. The van der Waals surface area contributed by atoms with E-state index < -0.39 is 0 Å². The van der Waals surface area contributed by atoms with E-state index in [0.717, 1.165) is 0 Å². The number of hydrogen-bond donors (Lipinski definition) is 0. The molecule has 0 rings (SSSR count). The van der Waals surface area contributed by atoms with Gasteiger partial charge in [0, 0.05) is 69.1 Å². The molecule has 14 valence electrons. The number of rotatable bonds is 0. The minimum absolute atomic E-state index is 0. The maximum atomic E-state index is 0. The van der Waals surface area contributed by atoms with Gasteiger partial charge in [-0.2, -0.15) is 0 Å². The van der Waals surface area contributed by atoms with Crippen LogP contribution in [0.5, 0.6) is 0 Å². The summed E-state index contributed by atoms with van der Waals surface area (Å²) < 4.78 is 0. The van der Waals surface area contributed by atoms with Gasteiger partial charge in [-0.1, -0.05) is 0 Å². The Morgan fingerprint density at radius 3 is 1.00 bits per heavy atom. The summed E-state index contributed by atoms with van der Waals surface area (Å²) >= 11 is 0. The van der Waals surface area contributed by atoms with Crippen LogP contribution < -0.4 is 6.15 Å². The van der Waals surface area contributed by atoms with Crippen LogP contribution in [0.4, 0.5) is 0 Å². The average Bonchev–Trinajstić information content (AvgIpc) is 0. The largest absolute Gasteiger partial charge is 0 e. The maximum absolute atomic E-state index is 0. The third-order valence-electron chi connectivity index (χ3n) is 0. The summed E-state index contributed by atoms with van der Waals surface area (Å²) in [6, 6.07) is 0. The molecule has 0 heterocycles. The predicted molar refractivity (Wildman–Crippen MR) is 19.4 cm³/mol. The number of hydrogen-bond acceptors (Lipinski definition) is 0. The SMILES string of the molecule is [Al].[Ga].[In].[N]. The van der Waals surface area contributed by atoms with Gasteiger partial charge >= 0.3 is 0 Å². The van der Waals surface area contributed by atoms with Gasteiger partial charge in [0.1, 0.15) is 0 Å². The van der Waals surface area contributed by atoms with E-state index in [-0.39, 0.29) is 69.1 Å². The van der Waals surface area contributed by atoms with Crippen LogP contribution >= 0.6 is 0 Å². The maximum Gasteiger partial charge on any atom is 0 e. The van der Waals surface area contributed by atoms with Gasteiger partial charge in [-0.25, -0.2) is 0 Å². The van der Waals surface area contributed by atoms with E-state index in [9.17, 15) is 0 Å². The Bertz CT molecular complexity index is 8.00. The Kier molecular flexibility index (Phi) is 188. The summed E-state index contributed by atoms with van der Waals surface area (Å²) in [5, 5.41) is 0. The first-order valence-electron chi connectivity index (χ1n) is 0. The van der Waals surface area contributed by atoms with Crippen molar-refractivity contribution in [2.75, 3.05) is 0 Å². The second-order valence-corrected chi connectivity index (χ2v) is 0. The first kappa shape index (κ1) is 37.5. The molecule has 12 radical (unpaired) electrons. The molecule has 0 atom stereocenters. The molecule has 0 amide bonds. The van der Waals surface area contributed by atoms with Crippen LogP contribution in [0.2, 0.25) is 0 Å². The topological polar surface area (TPSA) is 30.5 Å². The standard InChI is InChI=1S/Al.Ga.In.N. The molecule has 4 heavy (non-hydrogen) atoms. The van der Waals surface area contributed by atoms with Crippen molar-refractivity contribution in [1.82, 2.24) is 6.15 Å². The van der Waals surface area contributed by atoms with E-state index in [0.29, 0.717) is 0 Å². The van der Waals surface area contributed by atoms with Crippen molar-refractivity contribution < 1.29 is 0 Å². The molecule has 0 aliphatic heterocycles. The summed E-state index contributed by atoms with van der Waals surface area (Å²) in [5.41, 5.74) is 0. The molecule has 0 N–H and O–H groups in total. The van der Waals surface area contributed by atoms with Gasteiger partial charge in [-0.05, 0) is 0 Å². The Labute approximate surface area is 68.5 Å². The van der Waals surface area contributed by atoms with E-state index in [1.165, 1.54) is 0 Å². The van der Waals surface area contributed by atoms with Crippen molar-refractivity contribution in [2.45, 2.75) is 0 Å². The predicted octanol–water partition coefficient (Wildman–Crippen LogP) is -1.62. The van der Waals surface area contributed by atoms with Crippen molar-refractivity contribution in [3.05, 3.63) is 0 Å². The Morgan fingerprint density at radius 1 is 1.00 bits per heavy atom. The molecule has 0 spiro atoms. The third-order valence-corrected chi connectivity index (χ3v) is 0.